The molecule has 49 heavy (non-hydrogen) atoms. The van der Waals surface area contributed by atoms with Gasteiger partial charge in [0.25, 0.3) is 21.5 Å². The number of carbonyl (C=O) groups excluding carboxylic acids is 2. The van der Waals surface area contributed by atoms with Crippen molar-refractivity contribution in [2.24, 2.45) is 7.05 Å². The zero-order chi connectivity index (χ0) is 34.7. The first-order valence-corrected chi connectivity index (χ1v) is 16.9. The van der Waals surface area contributed by atoms with Gasteiger partial charge in [-0.2, -0.15) is 8.42 Å². The SMILES string of the molecule is Cn1c2cnccc2c(=O)n1-c1ccc(C[C@H](NC(=O)c2cc(F)c(NS(=O)(=O)c3ccccn3)cc2F)C(=O)OC2CCCCC2)nc1. The van der Waals surface area contributed by atoms with Crippen molar-refractivity contribution in [3.8, 4) is 5.69 Å². The molecule has 0 unspecified atom stereocenters. The summed E-state index contributed by atoms with van der Waals surface area (Å²) in [5, 5.41) is 2.49. The third kappa shape index (κ3) is 7.18. The summed E-state index contributed by atoms with van der Waals surface area (Å²) in [7, 11) is -2.65. The average molecular weight is 692 g/mol. The maximum atomic E-state index is 15.2. The van der Waals surface area contributed by atoms with E-state index in [2.05, 4.69) is 20.3 Å². The third-order valence-corrected chi connectivity index (χ3v) is 9.50. The second-order valence-electron chi connectivity index (χ2n) is 11.6. The summed E-state index contributed by atoms with van der Waals surface area (Å²) >= 11 is 0. The van der Waals surface area contributed by atoms with E-state index in [1.165, 1.54) is 41.5 Å². The molecule has 6 rings (SSSR count). The summed E-state index contributed by atoms with van der Waals surface area (Å²) in [5.74, 6) is -4.38. The molecule has 4 aromatic heterocycles. The fourth-order valence-corrected chi connectivity index (χ4v) is 6.71. The van der Waals surface area contributed by atoms with Crippen LogP contribution in [0, 0.1) is 11.6 Å². The molecule has 0 bridgehead atoms. The van der Waals surface area contributed by atoms with Crippen LogP contribution < -0.4 is 15.6 Å². The number of benzene rings is 1. The van der Waals surface area contributed by atoms with Gasteiger partial charge < -0.3 is 10.1 Å². The van der Waals surface area contributed by atoms with Gasteiger partial charge in [-0.15, -0.1) is 0 Å². The molecule has 1 fully saturated rings. The Morgan fingerprint density at radius 3 is 2.49 bits per heavy atom. The van der Waals surface area contributed by atoms with Crippen LogP contribution >= 0.6 is 0 Å². The quantitative estimate of drug-likeness (QED) is 0.207. The average Bonchev–Trinajstić information content (AvgIpc) is 3.36. The number of aryl methyl sites for hydroxylation is 1. The monoisotopic (exact) mass is 691 g/mol. The van der Waals surface area contributed by atoms with Crippen LogP contribution in [-0.4, -0.2) is 56.8 Å². The van der Waals surface area contributed by atoms with Crippen molar-refractivity contribution in [2.75, 3.05) is 4.72 Å². The molecule has 2 N–H and O–H groups in total. The summed E-state index contributed by atoms with van der Waals surface area (Å²) in [5.41, 5.74) is -0.379. The van der Waals surface area contributed by atoms with Crippen LogP contribution in [0.2, 0.25) is 0 Å². The fourth-order valence-electron chi connectivity index (χ4n) is 5.71. The number of sulfonamides is 1. The molecule has 1 saturated carbocycles. The van der Waals surface area contributed by atoms with Gasteiger partial charge in [-0.3, -0.25) is 29.0 Å². The van der Waals surface area contributed by atoms with E-state index in [0.29, 0.717) is 47.3 Å². The van der Waals surface area contributed by atoms with E-state index in [9.17, 15) is 22.8 Å². The number of anilines is 1. The summed E-state index contributed by atoms with van der Waals surface area (Å²) in [6, 6.07) is 8.62. The van der Waals surface area contributed by atoms with Crippen molar-refractivity contribution in [1.82, 2.24) is 29.6 Å². The Morgan fingerprint density at radius 1 is 1.00 bits per heavy atom. The van der Waals surface area contributed by atoms with E-state index in [0.717, 1.165) is 19.3 Å². The number of rotatable bonds is 10. The van der Waals surface area contributed by atoms with E-state index in [-0.39, 0.29) is 18.1 Å². The molecule has 0 spiro atoms. The first-order valence-electron chi connectivity index (χ1n) is 15.4. The van der Waals surface area contributed by atoms with E-state index < -0.39 is 55.9 Å². The number of ether oxygens (including phenoxy) is 1. The van der Waals surface area contributed by atoms with Gasteiger partial charge >= 0.3 is 5.97 Å². The molecule has 0 radical (unpaired) electrons. The lowest BCUT2D eigenvalue weighted by Crippen LogP contribution is -2.45. The number of nitrogens with zero attached hydrogens (tertiary/aromatic N) is 5. The first-order chi connectivity index (χ1) is 23.5. The van der Waals surface area contributed by atoms with Crippen molar-refractivity contribution in [1.29, 1.82) is 0 Å². The van der Waals surface area contributed by atoms with Crippen LogP contribution in [0.5, 0.6) is 0 Å². The standard InChI is InChI=1S/C33H31F2N7O6S/c1-41-29-19-36-14-12-23(29)32(44)42(41)21-11-10-20(38-18-21)15-28(33(45)48-22-7-3-2-4-8-22)39-31(43)24-16-26(35)27(17-25(24)34)40-49(46,47)30-9-5-6-13-37-30/h5-6,9-14,16-19,22,28,40H,2-4,7-8,15H2,1H3,(H,39,43)/t28-/m0/s1. The van der Waals surface area contributed by atoms with Gasteiger partial charge in [0.2, 0.25) is 0 Å². The van der Waals surface area contributed by atoms with Crippen molar-refractivity contribution in [2.45, 2.75) is 55.7 Å². The number of aromatic nitrogens is 5. The van der Waals surface area contributed by atoms with Gasteiger partial charge in [0.05, 0.1) is 40.2 Å². The normalized spacial score (nSPS) is 14.3. The predicted molar refractivity (Wildman–Crippen MR) is 173 cm³/mol. The van der Waals surface area contributed by atoms with E-state index in [4.69, 9.17) is 4.74 Å². The van der Waals surface area contributed by atoms with Crippen molar-refractivity contribution in [3.63, 3.8) is 0 Å². The minimum atomic E-state index is -4.36. The zero-order valence-corrected chi connectivity index (χ0v) is 27.0. The topological polar surface area (TPSA) is 167 Å². The van der Waals surface area contributed by atoms with Crippen LogP contribution in [-0.2, 0) is 33.0 Å². The Labute approximate surface area is 279 Å². The molecule has 13 nitrogen and oxygen atoms in total. The minimum absolute atomic E-state index is 0.169. The van der Waals surface area contributed by atoms with Crippen LogP contribution in [0.3, 0.4) is 0 Å². The van der Waals surface area contributed by atoms with Gasteiger partial charge in [0.15, 0.2) is 5.03 Å². The Kier molecular flexibility index (Phi) is 9.49. The molecular formula is C33H31F2N7O6S. The second kappa shape index (κ2) is 13.9. The largest absolute Gasteiger partial charge is 0.461 e. The third-order valence-electron chi connectivity index (χ3n) is 8.22. The molecule has 0 aliphatic heterocycles. The number of esters is 1. The van der Waals surface area contributed by atoms with Crippen LogP contribution in [0.4, 0.5) is 14.5 Å². The molecule has 254 valence electrons. The lowest BCUT2D eigenvalue weighted by Gasteiger charge is -2.25. The number of pyridine rings is 3. The van der Waals surface area contributed by atoms with Crippen molar-refractivity contribution < 1.29 is 31.5 Å². The maximum Gasteiger partial charge on any atom is 0.329 e. The Bertz CT molecular complexity index is 2190. The molecule has 1 atom stereocenters. The molecule has 16 heteroatoms. The summed E-state index contributed by atoms with van der Waals surface area (Å²) in [6.45, 7) is 0. The Morgan fingerprint density at radius 2 is 1.80 bits per heavy atom. The van der Waals surface area contributed by atoms with Crippen LogP contribution in [0.1, 0.15) is 48.2 Å². The van der Waals surface area contributed by atoms with Gasteiger partial charge in [-0.05, 0) is 62.1 Å². The number of fused-ring (bicyclic) bond motifs is 1. The van der Waals surface area contributed by atoms with E-state index in [1.807, 2.05) is 4.72 Å². The number of nitrogens with one attached hydrogen (secondary N) is 2. The fraction of sp³-hybridized carbons (Fsp3) is 0.273. The van der Waals surface area contributed by atoms with Gasteiger partial charge in [0, 0.05) is 37.6 Å². The number of amides is 1. The predicted octanol–water partition coefficient (Wildman–Crippen LogP) is 3.81. The highest BCUT2D eigenvalue weighted by atomic mass is 32.2. The summed E-state index contributed by atoms with van der Waals surface area (Å²) < 4.78 is 66.2. The highest BCUT2D eigenvalue weighted by molar-refractivity contribution is 7.92. The smallest absolute Gasteiger partial charge is 0.329 e. The molecule has 5 aromatic rings. The number of halogens is 2. The van der Waals surface area contributed by atoms with Crippen molar-refractivity contribution in [3.05, 3.63) is 107 Å². The lowest BCUT2D eigenvalue weighted by atomic mass is 9.97. The second-order valence-corrected chi connectivity index (χ2v) is 13.2. The lowest BCUT2D eigenvalue weighted by molar-refractivity contribution is -0.152. The first kappa shape index (κ1) is 33.4. The number of hydrogen-bond donors (Lipinski definition) is 2. The van der Waals surface area contributed by atoms with Gasteiger partial charge in [0.1, 0.15) is 23.8 Å². The molecule has 1 amide bonds. The number of hydrogen-bond acceptors (Lipinski definition) is 9. The van der Waals surface area contributed by atoms with Crippen LogP contribution in [0.15, 0.2) is 83.1 Å². The summed E-state index contributed by atoms with van der Waals surface area (Å²) in [6.07, 6.45) is 9.32. The molecule has 4 heterocycles. The highest BCUT2D eigenvalue weighted by Gasteiger charge is 2.29. The molecule has 1 aromatic carbocycles. The number of carbonyl (C=O) groups is 2. The summed E-state index contributed by atoms with van der Waals surface area (Å²) in [4.78, 5) is 51.9. The molecule has 1 aliphatic carbocycles. The molecule has 1 aliphatic rings. The molecule has 0 saturated heterocycles. The van der Waals surface area contributed by atoms with Crippen molar-refractivity contribution >= 4 is 38.5 Å². The van der Waals surface area contributed by atoms with E-state index in [1.54, 1.807) is 36.1 Å². The minimum Gasteiger partial charge on any atom is -0.461 e. The zero-order valence-electron chi connectivity index (χ0n) is 26.2. The Hall–Kier alpha value is -5.51. The van der Waals surface area contributed by atoms with Gasteiger partial charge in [-0.1, -0.05) is 12.5 Å². The Balaban J connectivity index is 1.23. The maximum absolute atomic E-state index is 15.2. The highest BCUT2D eigenvalue weighted by Crippen LogP contribution is 2.24. The molecular weight excluding hydrogens is 660 g/mol. The van der Waals surface area contributed by atoms with Crippen LogP contribution in [0.25, 0.3) is 16.6 Å². The van der Waals surface area contributed by atoms with E-state index >= 15 is 8.78 Å². The van der Waals surface area contributed by atoms with Gasteiger partial charge in [-0.25, -0.2) is 23.2 Å².